The Balaban J connectivity index is 2.02. The molecule has 1 aliphatic rings. The van der Waals surface area contributed by atoms with Crippen LogP contribution in [0.5, 0.6) is 5.75 Å². The van der Waals surface area contributed by atoms with Gasteiger partial charge in [0, 0.05) is 12.6 Å². The minimum absolute atomic E-state index is 0.502. The fourth-order valence-corrected chi connectivity index (χ4v) is 2.74. The number of nitrogens with zero attached hydrogens (tertiary/aromatic N) is 3. The van der Waals surface area contributed by atoms with Crippen LogP contribution < -0.4 is 19.6 Å². The lowest BCUT2D eigenvalue weighted by Crippen LogP contribution is -2.36. The molecule has 0 saturated heterocycles. The van der Waals surface area contributed by atoms with Gasteiger partial charge in [-0.3, -0.25) is 5.32 Å². The molecule has 0 aliphatic carbocycles. The van der Waals surface area contributed by atoms with Crippen LogP contribution in [-0.4, -0.2) is 55.7 Å². The molecule has 0 spiro atoms. The summed E-state index contributed by atoms with van der Waals surface area (Å²) in [7, 11) is 5.60. The summed E-state index contributed by atoms with van der Waals surface area (Å²) < 4.78 is 8.41. The molecule has 3 rings (SSSR count). The molecule has 1 aromatic heterocycles. The molecule has 7 heteroatoms. The maximum absolute atomic E-state index is 10.5. The molecule has 0 unspecified atom stereocenters. The molecule has 1 aliphatic heterocycles. The highest BCUT2D eigenvalue weighted by atomic mass is 16.7. The van der Waals surface area contributed by atoms with Crippen LogP contribution in [0, 0.1) is 0 Å². The molecule has 0 amide bonds. The third-order valence-electron chi connectivity index (χ3n) is 3.87. The van der Waals surface area contributed by atoms with Gasteiger partial charge in [-0.2, -0.15) is 0 Å². The van der Waals surface area contributed by atoms with Gasteiger partial charge in [0.15, 0.2) is 11.0 Å². The van der Waals surface area contributed by atoms with E-state index < -0.39 is 0 Å². The van der Waals surface area contributed by atoms with Crippen LogP contribution >= 0.6 is 0 Å². The zero-order chi connectivity index (χ0) is 15.7. The predicted molar refractivity (Wildman–Crippen MR) is 82.7 cm³/mol. The average Bonchev–Trinajstić information content (AvgIpc) is 2.77. The minimum atomic E-state index is 0.502. The number of aryl methyl sites for hydroxylation is 1. The molecule has 120 valence electrons. The molecule has 22 heavy (non-hydrogen) atoms. The summed E-state index contributed by atoms with van der Waals surface area (Å²) in [5, 5.41) is 13.7. The van der Waals surface area contributed by atoms with Crippen LogP contribution in [0.2, 0.25) is 0 Å². The van der Waals surface area contributed by atoms with Crippen molar-refractivity contribution in [2.45, 2.75) is 12.8 Å². The van der Waals surface area contributed by atoms with Crippen molar-refractivity contribution in [1.29, 1.82) is 0 Å². The molecule has 2 aromatic rings. The largest absolute Gasteiger partial charge is 0.493 e. The lowest BCUT2D eigenvalue weighted by molar-refractivity contribution is -0.874. The summed E-state index contributed by atoms with van der Waals surface area (Å²) in [4.78, 5) is 7.52. The number of likely N-dealkylation sites (N-methyl/N-ethyl adjacent to an activating group) is 1. The maximum Gasteiger partial charge on any atom is 0.432 e. The van der Waals surface area contributed by atoms with E-state index in [2.05, 4.69) is 10.2 Å². The van der Waals surface area contributed by atoms with E-state index >= 15 is 0 Å². The summed E-state index contributed by atoms with van der Waals surface area (Å²) >= 11 is 0. The Morgan fingerprint density at radius 3 is 3.00 bits per heavy atom. The van der Waals surface area contributed by atoms with Crippen LogP contribution in [0.25, 0.3) is 11.0 Å². The first-order valence-electron chi connectivity index (χ1n) is 7.50. The third kappa shape index (κ3) is 2.52. The fourth-order valence-electron chi connectivity index (χ4n) is 2.74. The van der Waals surface area contributed by atoms with E-state index in [1.54, 1.807) is 11.8 Å². The second-order valence-electron chi connectivity index (χ2n) is 5.74. The number of ether oxygens (including phenoxy) is 1. The van der Waals surface area contributed by atoms with Crippen molar-refractivity contribution in [3.63, 3.8) is 0 Å². The number of fused-ring (bicyclic) bond motifs is 2. The molecule has 0 bridgehead atoms. The van der Waals surface area contributed by atoms with Crippen molar-refractivity contribution in [3.8, 4) is 5.75 Å². The highest BCUT2D eigenvalue weighted by Gasteiger charge is 2.27. The Morgan fingerprint density at radius 1 is 1.45 bits per heavy atom. The van der Waals surface area contributed by atoms with Crippen LogP contribution in [0.3, 0.4) is 0 Å². The number of imidazole rings is 1. The van der Waals surface area contributed by atoms with Crippen molar-refractivity contribution >= 4 is 17.0 Å². The van der Waals surface area contributed by atoms with Gasteiger partial charge in [0.1, 0.15) is 12.9 Å². The van der Waals surface area contributed by atoms with Crippen molar-refractivity contribution < 1.29 is 19.5 Å². The Bertz CT molecular complexity index is 681. The Labute approximate surface area is 129 Å². The second-order valence-corrected chi connectivity index (χ2v) is 5.74. The number of nitrogens with one attached hydrogen (secondary N) is 1. The smallest absolute Gasteiger partial charge is 0.432 e. The van der Waals surface area contributed by atoms with Gasteiger partial charge in [0.2, 0.25) is 0 Å². The Hall–Kier alpha value is -2.15. The summed E-state index contributed by atoms with van der Waals surface area (Å²) in [6, 6.07) is 3.90. The quantitative estimate of drug-likeness (QED) is 0.623. The highest BCUT2D eigenvalue weighted by molar-refractivity contribution is 5.77. The summed E-state index contributed by atoms with van der Waals surface area (Å²) in [5.74, 6) is 1.34. The molecular weight excluding hydrogens is 284 g/mol. The minimum Gasteiger partial charge on any atom is -0.493 e. The Morgan fingerprint density at radius 2 is 2.27 bits per heavy atom. The SMILES string of the molecule is COn1c(NCCN(C)C)[n+](O)c2cc3c(cc21)CCCO3. The van der Waals surface area contributed by atoms with Crippen LogP contribution in [0.1, 0.15) is 12.0 Å². The number of hydrogen-bond acceptors (Lipinski definition) is 5. The molecule has 0 fully saturated rings. The number of aromatic nitrogens is 2. The first kappa shape index (κ1) is 14.8. The molecule has 0 saturated carbocycles. The van der Waals surface area contributed by atoms with Crippen molar-refractivity contribution in [3.05, 3.63) is 17.7 Å². The van der Waals surface area contributed by atoms with E-state index in [1.165, 1.54) is 0 Å². The van der Waals surface area contributed by atoms with E-state index in [-0.39, 0.29) is 0 Å². The molecule has 0 atom stereocenters. The number of benzene rings is 1. The monoisotopic (exact) mass is 307 g/mol. The molecule has 7 nitrogen and oxygen atoms in total. The van der Waals surface area contributed by atoms with Crippen LogP contribution in [-0.2, 0) is 6.42 Å². The second kappa shape index (κ2) is 5.92. The summed E-state index contributed by atoms with van der Waals surface area (Å²) in [6.45, 7) is 2.27. The van der Waals surface area contributed by atoms with Crippen molar-refractivity contribution in [2.24, 2.45) is 0 Å². The topological polar surface area (TPSA) is 62.8 Å². The van der Waals surface area contributed by atoms with E-state index in [1.807, 2.05) is 26.2 Å². The predicted octanol–water partition coefficient (Wildman–Crippen LogP) is 0.523. The van der Waals surface area contributed by atoms with E-state index in [4.69, 9.17) is 9.57 Å². The van der Waals surface area contributed by atoms with Gasteiger partial charge in [-0.1, -0.05) is 0 Å². The lowest BCUT2D eigenvalue weighted by atomic mass is 10.1. The van der Waals surface area contributed by atoms with Crippen LogP contribution in [0.15, 0.2) is 12.1 Å². The number of anilines is 1. The lowest BCUT2D eigenvalue weighted by Gasteiger charge is -2.16. The maximum atomic E-state index is 10.5. The molecule has 2 heterocycles. The molecular formula is C15H23N4O3+. The average molecular weight is 307 g/mol. The third-order valence-corrected chi connectivity index (χ3v) is 3.87. The first-order valence-corrected chi connectivity index (χ1v) is 7.50. The molecule has 0 radical (unpaired) electrons. The number of hydrogen-bond donors (Lipinski definition) is 2. The van der Waals surface area contributed by atoms with Gasteiger partial charge in [0.25, 0.3) is 0 Å². The first-order chi connectivity index (χ1) is 10.6. The van der Waals surface area contributed by atoms with Gasteiger partial charge in [0.05, 0.1) is 13.2 Å². The van der Waals surface area contributed by atoms with Crippen molar-refractivity contribution in [2.75, 3.05) is 46.2 Å². The summed E-state index contributed by atoms with van der Waals surface area (Å²) in [6.07, 6.45) is 1.99. The Kier molecular flexibility index (Phi) is 3.98. The standard InChI is InChI=1S/C15H22N4O3/c1-17(2)7-6-16-15-18(20)12-10-14-11(5-4-8-22-14)9-13(12)19(15)21-3/h9-10,20H,4-8H2,1-3H3/p+1. The summed E-state index contributed by atoms with van der Waals surface area (Å²) in [5.41, 5.74) is 2.63. The van der Waals surface area contributed by atoms with Gasteiger partial charge in [-0.15, -0.1) is 0 Å². The van der Waals surface area contributed by atoms with E-state index in [0.29, 0.717) is 18.0 Å². The zero-order valence-electron chi connectivity index (χ0n) is 13.3. The zero-order valence-corrected chi connectivity index (χ0v) is 13.3. The van der Waals surface area contributed by atoms with Gasteiger partial charge in [-0.05, 0) is 48.0 Å². The van der Waals surface area contributed by atoms with E-state index in [0.717, 1.165) is 47.6 Å². The van der Waals surface area contributed by atoms with Crippen LogP contribution in [0.4, 0.5) is 5.95 Å². The molecule has 2 N–H and O–H groups in total. The number of rotatable bonds is 5. The van der Waals surface area contributed by atoms with Gasteiger partial charge >= 0.3 is 5.95 Å². The molecule has 1 aromatic carbocycles. The fraction of sp³-hybridized carbons (Fsp3) is 0.533. The highest BCUT2D eigenvalue weighted by Crippen LogP contribution is 2.30. The van der Waals surface area contributed by atoms with Gasteiger partial charge in [-0.25, -0.2) is 0 Å². The van der Waals surface area contributed by atoms with Crippen molar-refractivity contribution in [1.82, 2.24) is 9.63 Å². The van der Waals surface area contributed by atoms with Gasteiger partial charge < -0.3 is 19.7 Å². The normalized spacial score (nSPS) is 14.0. The van der Waals surface area contributed by atoms with E-state index in [9.17, 15) is 5.21 Å².